The highest BCUT2D eigenvalue weighted by molar-refractivity contribution is 5.45. The molecule has 0 aromatic rings. The van der Waals surface area contributed by atoms with E-state index in [0.717, 1.165) is 18.1 Å². The molecule has 0 aromatic carbocycles. The zero-order chi connectivity index (χ0) is 3.72. The minimum absolute atomic E-state index is 0.926. The van der Waals surface area contributed by atoms with E-state index < -0.39 is 0 Å². The van der Waals surface area contributed by atoms with E-state index in [1.54, 1.807) is 0 Å². The normalized spacial score (nSPS) is 77.3. The molecule has 4 aliphatic rings. The van der Waals surface area contributed by atoms with Crippen molar-refractivity contribution in [3.05, 3.63) is 12.2 Å². The highest BCUT2D eigenvalue weighted by Crippen LogP contribution is 2.57. The van der Waals surface area contributed by atoms with Crippen LogP contribution < -0.4 is 0 Å². The molecule has 2 fully saturated rings. The Morgan fingerprint density at radius 2 is 1.67 bits per heavy atom. The van der Waals surface area contributed by atoms with Crippen molar-refractivity contribution >= 4 is 0 Å². The van der Waals surface area contributed by atoms with Crippen molar-refractivity contribution in [2.75, 3.05) is 0 Å². The summed E-state index contributed by atoms with van der Waals surface area (Å²) in [5.41, 5.74) is 0. The summed E-state index contributed by atoms with van der Waals surface area (Å²) in [4.78, 5) is 2.50. The number of nitrogens with zero attached hydrogens (tertiary/aromatic N) is 1. The summed E-state index contributed by atoms with van der Waals surface area (Å²) in [7, 11) is 0. The Bertz CT molecular complexity index is 115. The molecular weight excluding hydrogens is 74.1 g/mol. The molecule has 2 bridgehead atoms. The Morgan fingerprint density at radius 3 is 1.83 bits per heavy atom. The average molecular weight is 79.1 g/mol. The molecule has 4 rings (SSSR count). The predicted octanol–water partition coefficient (Wildman–Crippen LogP) is -0.00880. The summed E-state index contributed by atoms with van der Waals surface area (Å²) < 4.78 is 0. The molecule has 4 atom stereocenters. The lowest BCUT2D eigenvalue weighted by atomic mass is 10.3. The third-order valence-corrected chi connectivity index (χ3v) is 2.06. The minimum atomic E-state index is 0.926. The van der Waals surface area contributed by atoms with Crippen LogP contribution in [-0.2, 0) is 0 Å². The first-order valence-electron chi connectivity index (χ1n) is 2.44. The Balaban J connectivity index is 2.35. The van der Waals surface area contributed by atoms with Crippen LogP contribution in [0, 0.1) is 0 Å². The molecule has 0 spiro atoms. The standard InChI is InChI=1S/C5H5N/c1-2-4-5-3(1)6(4)5/h1-5H/t3-,4+,5?,6?. The fraction of sp³-hybridized carbons (Fsp3) is 0.600. The second-order valence-electron chi connectivity index (χ2n) is 2.30. The van der Waals surface area contributed by atoms with Crippen molar-refractivity contribution in [2.45, 2.75) is 18.1 Å². The summed E-state index contributed by atoms with van der Waals surface area (Å²) in [5, 5.41) is 0. The maximum absolute atomic E-state index is 2.50. The van der Waals surface area contributed by atoms with E-state index in [9.17, 15) is 0 Å². The fourth-order valence-electron chi connectivity index (χ4n) is 1.53. The van der Waals surface area contributed by atoms with Crippen molar-refractivity contribution in [2.24, 2.45) is 0 Å². The summed E-state index contributed by atoms with van der Waals surface area (Å²) in [6.07, 6.45) is 4.63. The first kappa shape index (κ1) is 2.12. The lowest BCUT2D eigenvalue weighted by molar-refractivity contribution is 0.686. The molecule has 3 heterocycles. The van der Waals surface area contributed by atoms with Gasteiger partial charge in [0.15, 0.2) is 0 Å². The maximum atomic E-state index is 2.50. The summed E-state index contributed by atoms with van der Waals surface area (Å²) in [6.45, 7) is 0. The van der Waals surface area contributed by atoms with Crippen molar-refractivity contribution in [1.82, 2.24) is 4.90 Å². The number of hydrogen-bond donors (Lipinski definition) is 0. The quantitative estimate of drug-likeness (QED) is 0.291. The van der Waals surface area contributed by atoms with Crippen LogP contribution >= 0.6 is 0 Å². The fourth-order valence-corrected chi connectivity index (χ4v) is 1.53. The molecule has 30 valence electrons. The summed E-state index contributed by atoms with van der Waals surface area (Å²) >= 11 is 0. The lowest BCUT2D eigenvalue weighted by Gasteiger charge is -1.84. The maximum Gasteiger partial charge on any atom is 0.0492 e. The molecule has 3 aliphatic heterocycles. The molecule has 1 aliphatic carbocycles. The van der Waals surface area contributed by atoms with Crippen LogP contribution in [0.4, 0.5) is 0 Å². The first-order chi connectivity index (χ1) is 2.98. The largest absolute Gasteiger partial charge is 0.281 e. The second kappa shape index (κ2) is 0.343. The van der Waals surface area contributed by atoms with Gasteiger partial charge in [0.1, 0.15) is 0 Å². The Hall–Kier alpha value is -0.300. The molecular formula is C5H5N. The van der Waals surface area contributed by atoms with Gasteiger partial charge in [0.05, 0.1) is 0 Å². The average Bonchev–Trinajstić information content (AvgIpc) is 2.30. The highest BCUT2D eigenvalue weighted by Gasteiger charge is 2.72. The third-order valence-electron chi connectivity index (χ3n) is 2.06. The molecule has 0 radical (unpaired) electrons. The van der Waals surface area contributed by atoms with E-state index in [1.807, 2.05) is 0 Å². The topological polar surface area (TPSA) is 3.01 Å². The van der Waals surface area contributed by atoms with Gasteiger partial charge in [0, 0.05) is 18.1 Å². The Kier molecular flexibility index (Phi) is 0.121. The minimum Gasteiger partial charge on any atom is -0.281 e. The molecule has 1 nitrogen and oxygen atoms in total. The highest BCUT2D eigenvalue weighted by atomic mass is 15.5. The van der Waals surface area contributed by atoms with E-state index in [-0.39, 0.29) is 0 Å². The monoisotopic (exact) mass is 79.0 g/mol. The van der Waals surface area contributed by atoms with Gasteiger partial charge in [-0.1, -0.05) is 12.2 Å². The summed E-state index contributed by atoms with van der Waals surface area (Å²) in [6, 6.07) is 2.87. The van der Waals surface area contributed by atoms with Crippen LogP contribution in [0.1, 0.15) is 0 Å². The summed E-state index contributed by atoms with van der Waals surface area (Å²) in [5.74, 6) is 0. The van der Waals surface area contributed by atoms with Crippen molar-refractivity contribution in [3.63, 3.8) is 0 Å². The number of rotatable bonds is 0. The van der Waals surface area contributed by atoms with Crippen molar-refractivity contribution in [1.29, 1.82) is 0 Å². The van der Waals surface area contributed by atoms with Gasteiger partial charge in [0.25, 0.3) is 0 Å². The van der Waals surface area contributed by atoms with Gasteiger partial charge >= 0.3 is 0 Å². The molecule has 0 amide bonds. The van der Waals surface area contributed by atoms with Crippen molar-refractivity contribution in [3.8, 4) is 0 Å². The van der Waals surface area contributed by atoms with Gasteiger partial charge < -0.3 is 0 Å². The Morgan fingerprint density at radius 1 is 1.17 bits per heavy atom. The van der Waals surface area contributed by atoms with Crippen LogP contribution in [0.25, 0.3) is 0 Å². The SMILES string of the molecule is C1=C[C@H]2C3[C@@H]1N32. The van der Waals surface area contributed by atoms with Gasteiger partial charge in [-0.3, -0.25) is 4.90 Å². The molecule has 6 heavy (non-hydrogen) atoms. The first-order valence-corrected chi connectivity index (χ1v) is 2.44. The van der Waals surface area contributed by atoms with E-state index in [4.69, 9.17) is 0 Å². The van der Waals surface area contributed by atoms with E-state index in [1.165, 1.54) is 0 Å². The van der Waals surface area contributed by atoms with E-state index >= 15 is 0 Å². The number of hydrogen-bond acceptors (Lipinski definition) is 1. The Labute approximate surface area is 36.3 Å². The molecule has 2 unspecified atom stereocenters. The lowest BCUT2D eigenvalue weighted by Crippen LogP contribution is -2.01. The molecule has 0 saturated carbocycles. The van der Waals surface area contributed by atoms with Gasteiger partial charge in [-0.2, -0.15) is 0 Å². The predicted molar refractivity (Wildman–Crippen MR) is 22.3 cm³/mol. The second-order valence-corrected chi connectivity index (χ2v) is 2.30. The van der Waals surface area contributed by atoms with Gasteiger partial charge in [-0.15, -0.1) is 0 Å². The van der Waals surface area contributed by atoms with Gasteiger partial charge in [-0.05, 0) is 0 Å². The third kappa shape index (κ3) is 0.0629. The van der Waals surface area contributed by atoms with Crippen LogP contribution in [0.5, 0.6) is 0 Å². The van der Waals surface area contributed by atoms with Crippen LogP contribution in [0.3, 0.4) is 0 Å². The van der Waals surface area contributed by atoms with E-state index in [2.05, 4.69) is 17.1 Å². The smallest absolute Gasteiger partial charge is 0.0492 e. The van der Waals surface area contributed by atoms with Crippen molar-refractivity contribution < 1.29 is 0 Å². The van der Waals surface area contributed by atoms with E-state index in [0.29, 0.717) is 0 Å². The van der Waals surface area contributed by atoms with Crippen LogP contribution in [0.2, 0.25) is 0 Å². The molecule has 1 heteroatoms. The van der Waals surface area contributed by atoms with Gasteiger partial charge in [0.2, 0.25) is 0 Å². The molecule has 0 aromatic heterocycles. The zero-order valence-corrected chi connectivity index (χ0v) is 3.33. The molecule has 2 saturated heterocycles. The zero-order valence-electron chi connectivity index (χ0n) is 3.33. The van der Waals surface area contributed by atoms with Crippen LogP contribution in [0.15, 0.2) is 12.2 Å². The molecule has 0 N–H and O–H groups in total. The van der Waals surface area contributed by atoms with Gasteiger partial charge in [-0.25, -0.2) is 0 Å². The van der Waals surface area contributed by atoms with Crippen LogP contribution in [-0.4, -0.2) is 23.0 Å².